The molecule has 0 aliphatic carbocycles. The van der Waals surface area contributed by atoms with Gasteiger partial charge in [-0.3, -0.25) is 0 Å². The summed E-state index contributed by atoms with van der Waals surface area (Å²) >= 11 is 0. The quantitative estimate of drug-likeness (QED) is 0.538. The minimum atomic E-state index is -0.291. The average molecular weight is 384 g/mol. The fourth-order valence-corrected chi connectivity index (χ4v) is 3.28. The van der Waals surface area contributed by atoms with Crippen LogP contribution in [0.5, 0.6) is 23.0 Å². The first kappa shape index (κ1) is 19.6. The summed E-state index contributed by atoms with van der Waals surface area (Å²) in [6, 6.07) is 11.3. The lowest BCUT2D eigenvalue weighted by atomic mass is 9.92. The second-order valence-corrected chi connectivity index (χ2v) is 6.40. The molecule has 1 aliphatic rings. The van der Waals surface area contributed by atoms with E-state index in [1.807, 2.05) is 42.5 Å². The van der Waals surface area contributed by atoms with Crippen molar-refractivity contribution in [3.8, 4) is 23.0 Å². The molecule has 1 aliphatic heterocycles. The van der Waals surface area contributed by atoms with Gasteiger partial charge in [0.1, 0.15) is 0 Å². The van der Waals surface area contributed by atoms with Crippen LogP contribution in [0.3, 0.4) is 0 Å². The van der Waals surface area contributed by atoms with Gasteiger partial charge in [0.2, 0.25) is 0 Å². The van der Waals surface area contributed by atoms with Crippen molar-refractivity contribution in [1.29, 1.82) is 0 Å². The number of carbonyl (C=O) groups excluding carboxylic acids is 1. The van der Waals surface area contributed by atoms with Gasteiger partial charge in [0, 0.05) is 11.5 Å². The van der Waals surface area contributed by atoms with Crippen LogP contribution in [0.15, 0.2) is 42.0 Å². The number of hydrogen-bond acceptors (Lipinski definition) is 6. The number of ether oxygens (including phenoxy) is 5. The van der Waals surface area contributed by atoms with Crippen molar-refractivity contribution >= 4 is 12.0 Å². The van der Waals surface area contributed by atoms with Crippen molar-refractivity contribution in [2.24, 2.45) is 5.92 Å². The molecule has 0 radical (unpaired) electrons. The molecule has 0 bridgehead atoms. The summed E-state index contributed by atoms with van der Waals surface area (Å²) in [7, 11) is 6.37. The summed E-state index contributed by atoms with van der Waals surface area (Å²) < 4.78 is 26.6. The van der Waals surface area contributed by atoms with Crippen LogP contribution in [-0.4, -0.2) is 41.0 Å². The zero-order chi connectivity index (χ0) is 20.1. The van der Waals surface area contributed by atoms with Gasteiger partial charge in [0.25, 0.3) is 0 Å². The van der Waals surface area contributed by atoms with Crippen molar-refractivity contribution in [3.05, 3.63) is 53.1 Å². The fraction of sp³-hybridized carbons (Fsp3) is 0.318. The lowest BCUT2D eigenvalue weighted by molar-refractivity contribution is -0.135. The van der Waals surface area contributed by atoms with Crippen LogP contribution >= 0.6 is 0 Å². The molecule has 6 heteroatoms. The Hall–Kier alpha value is -3.15. The Bertz CT molecular complexity index is 887. The number of benzene rings is 2. The lowest BCUT2D eigenvalue weighted by Gasteiger charge is -2.12. The SMILES string of the molecule is COc1ccc(/C=C2/C(=O)OC[C@H]2Cc2ccc(OC)c(OC)c2)cc1OC. The van der Waals surface area contributed by atoms with Crippen molar-refractivity contribution in [1.82, 2.24) is 0 Å². The van der Waals surface area contributed by atoms with Gasteiger partial charge in [0.05, 0.1) is 35.0 Å². The summed E-state index contributed by atoms with van der Waals surface area (Å²) in [5.41, 5.74) is 2.53. The molecule has 28 heavy (non-hydrogen) atoms. The van der Waals surface area contributed by atoms with Gasteiger partial charge in [-0.2, -0.15) is 0 Å². The van der Waals surface area contributed by atoms with Crippen LogP contribution in [0.4, 0.5) is 0 Å². The highest BCUT2D eigenvalue weighted by atomic mass is 16.5. The molecule has 2 aromatic carbocycles. The summed E-state index contributed by atoms with van der Waals surface area (Å²) in [6.45, 7) is 0.353. The summed E-state index contributed by atoms with van der Waals surface area (Å²) in [5.74, 6) is 2.25. The minimum Gasteiger partial charge on any atom is -0.493 e. The number of carbonyl (C=O) groups is 1. The smallest absolute Gasteiger partial charge is 0.334 e. The van der Waals surface area contributed by atoms with Crippen LogP contribution in [0, 0.1) is 5.92 Å². The van der Waals surface area contributed by atoms with Crippen LogP contribution < -0.4 is 18.9 Å². The van der Waals surface area contributed by atoms with Crippen LogP contribution in [0.1, 0.15) is 11.1 Å². The van der Waals surface area contributed by atoms with Crippen LogP contribution in [0.2, 0.25) is 0 Å². The fourth-order valence-electron chi connectivity index (χ4n) is 3.28. The summed E-state index contributed by atoms with van der Waals surface area (Å²) in [5, 5.41) is 0. The van der Waals surface area contributed by atoms with E-state index in [0.29, 0.717) is 41.6 Å². The van der Waals surface area contributed by atoms with Gasteiger partial charge in [0.15, 0.2) is 23.0 Å². The molecule has 1 atom stereocenters. The molecule has 0 spiro atoms. The molecular formula is C22H24O6. The van der Waals surface area contributed by atoms with E-state index in [4.69, 9.17) is 23.7 Å². The second-order valence-electron chi connectivity index (χ2n) is 6.40. The molecule has 148 valence electrons. The highest BCUT2D eigenvalue weighted by molar-refractivity contribution is 5.96. The van der Waals surface area contributed by atoms with Gasteiger partial charge < -0.3 is 23.7 Å². The predicted molar refractivity (Wildman–Crippen MR) is 105 cm³/mol. The van der Waals surface area contributed by atoms with E-state index in [1.165, 1.54) is 0 Å². The maximum atomic E-state index is 12.3. The Morgan fingerprint density at radius 1 is 0.893 bits per heavy atom. The standard InChI is InChI=1S/C22H24O6/c1-24-18-7-5-14(11-20(18)26-3)9-16-13-28-22(23)17(16)10-15-6-8-19(25-2)21(12-15)27-4/h5-8,10-12,16H,9,13H2,1-4H3/b17-10+/t16-/m1/s1. The van der Waals surface area contributed by atoms with E-state index >= 15 is 0 Å². The Morgan fingerprint density at radius 3 is 2.14 bits per heavy atom. The summed E-state index contributed by atoms with van der Waals surface area (Å²) in [4.78, 5) is 12.3. The molecule has 1 fully saturated rings. The van der Waals surface area contributed by atoms with Gasteiger partial charge >= 0.3 is 5.97 Å². The van der Waals surface area contributed by atoms with Crippen molar-refractivity contribution in [2.75, 3.05) is 35.0 Å². The number of esters is 1. The molecule has 0 unspecified atom stereocenters. The largest absolute Gasteiger partial charge is 0.493 e. The predicted octanol–water partition coefficient (Wildman–Crippen LogP) is 3.52. The zero-order valence-corrected chi connectivity index (χ0v) is 16.5. The second kappa shape index (κ2) is 8.69. The van der Waals surface area contributed by atoms with Gasteiger partial charge in [-0.25, -0.2) is 4.79 Å². The number of hydrogen-bond donors (Lipinski definition) is 0. The Balaban J connectivity index is 1.86. The molecule has 2 aromatic rings. The first-order chi connectivity index (χ1) is 13.6. The van der Waals surface area contributed by atoms with E-state index in [2.05, 4.69) is 0 Å². The Morgan fingerprint density at radius 2 is 1.50 bits per heavy atom. The summed E-state index contributed by atoms with van der Waals surface area (Å²) in [6.07, 6.45) is 2.51. The van der Waals surface area contributed by atoms with Gasteiger partial charge in [-0.15, -0.1) is 0 Å². The molecule has 3 rings (SSSR count). The Labute approximate surface area is 164 Å². The molecule has 0 N–H and O–H groups in total. The number of methoxy groups -OCH3 is 4. The normalized spacial score (nSPS) is 17.4. The van der Waals surface area contributed by atoms with Crippen molar-refractivity contribution in [3.63, 3.8) is 0 Å². The van der Waals surface area contributed by atoms with Crippen LogP contribution in [-0.2, 0) is 16.0 Å². The van der Waals surface area contributed by atoms with E-state index in [9.17, 15) is 4.79 Å². The van der Waals surface area contributed by atoms with Gasteiger partial charge in [-0.05, 0) is 47.9 Å². The van der Waals surface area contributed by atoms with Crippen molar-refractivity contribution < 1.29 is 28.5 Å². The zero-order valence-electron chi connectivity index (χ0n) is 16.5. The average Bonchev–Trinajstić information content (AvgIpc) is 3.06. The molecule has 1 heterocycles. The first-order valence-corrected chi connectivity index (χ1v) is 8.91. The monoisotopic (exact) mass is 384 g/mol. The maximum Gasteiger partial charge on any atom is 0.334 e. The number of rotatable bonds is 7. The molecule has 0 aromatic heterocycles. The molecule has 6 nitrogen and oxygen atoms in total. The molecule has 0 amide bonds. The van der Waals surface area contributed by atoms with Crippen molar-refractivity contribution in [2.45, 2.75) is 6.42 Å². The first-order valence-electron chi connectivity index (χ1n) is 8.91. The van der Waals surface area contributed by atoms with E-state index < -0.39 is 0 Å². The topological polar surface area (TPSA) is 63.2 Å². The van der Waals surface area contributed by atoms with Crippen LogP contribution in [0.25, 0.3) is 6.08 Å². The van der Waals surface area contributed by atoms with E-state index in [-0.39, 0.29) is 11.9 Å². The minimum absolute atomic E-state index is 0.0429. The molecule has 0 saturated carbocycles. The van der Waals surface area contributed by atoms with E-state index in [0.717, 1.165) is 11.1 Å². The molecular weight excluding hydrogens is 360 g/mol. The molecule has 1 saturated heterocycles. The van der Waals surface area contributed by atoms with E-state index in [1.54, 1.807) is 28.4 Å². The number of cyclic esters (lactones) is 1. The third-order valence-electron chi connectivity index (χ3n) is 4.75. The Kier molecular flexibility index (Phi) is 6.09. The van der Waals surface area contributed by atoms with Gasteiger partial charge in [-0.1, -0.05) is 12.1 Å². The maximum absolute atomic E-state index is 12.3. The highest BCUT2D eigenvalue weighted by Crippen LogP contribution is 2.33. The highest BCUT2D eigenvalue weighted by Gasteiger charge is 2.30. The third kappa shape index (κ3) is 4.06. The third-order valence-corrected chi connectivity index (χ3v) is 4.75. The lowest BCUT2D eigenvalue weighted by Crippen LogP contribution is -2.08.